The highest BCUT2D eigenvalue weighted by Crippen LogP contribution is 2.28. The number of halogens is 1. The van der Waals surface area contributed by atoms with Gasteiger partial charge in [-0.05, 0) is 40.2 Å². The van der Waals surface area contributed by atoms with Gasteiger partial charge in [-0.25, -0.2) is 0 Å². The summed E-state index contributed by atoms with van der Waals surface area (Å²) < 4.78 is 0.841. The Balaban J connectivity index is 1.94. The molecule has 2 N–H and O–H groups in total. The highest BCUT2D eigenvalue weighted by molar-refractivity contribution is 9.10. The van der Waals surface area contributed by atoms with Crippen molar-refractivity contribution < 1.29 is 9.59 Å². The van der Waals surface area contributed by atoms with Gasteiger partial charge in [-0.3, -0.25) is 19.5 Å². The number of imide groups is 1. The van der Waals surface area contributed by atoms with Crippen molar-refractivity contribution in [2.24, 2.45) is 0 Å². The normalized spacial score (nSPS) is 13.8. The van der Waals surface area contributed by atoms with Gasteiger partial charge in [-0.2, -0.15) is 0 Å². The number of nitrogens with two attached hydrogens (primary N) is 1. The van der Waals surface area contributed by atoms with Crippen molar-refractivity contribution in [1.29, 1.82) is 0 Å². The predicted molar refractivity (Wildman–Crippen MR) is 77.0 cm³/mol. The van der Waals surface area contributed by atoms with Crippen LogP contribution < -0.4 is 5.73 Å². The van der Waals surface area contributed by atoms with E-state index >= 15 is 0 Å². The number of nitrogen functional groups attached to an aromatic ring is 1. The van der Waals surface area contributed by atoms with Gasteiger partial charge >= 0.3 is 0 Å². The zero-order chi connectivity index (χ0) is 14.3. The number of carbonyl (C=O) groups is 2. The van der Waals surface area contributed by atoms with Crippen LogP contribution >= 0.6 is 15.9 Å². The summed E-state index contributed by atoms with van der Waals surface area (Å²) in [6.07, 6.45) is 1.63. The van der Waals surface area contributed by atoms with Gasteiger partial charge in [0.05, 0.1) is 23.4 Å². The number of hydrogen-bond acceptors (Lipinski definition) is 4. The molecule has 0 spiro atoms. The summed E-state index contributed by atoms with van der Waals surface area (Å²) in [6.45, 7) is 0.138. The van der Waals surface area contributed by atoms with Gasteiger partial charge in [0.1, 0.15) is 0 Å². The minimum absolute atomic E-state index is 0.138. The van der Waals surface area contributed by atoms with E-state index in [4.69, 9.17) is 5.73 Å². The average molecular weight is 332 g/mol. The quantitative estimate of drug-likeness (QED) is 0.676. The predicted octanol–water partition coefficient (Wildman–Crippen LogP) is 2.22. The molecule has 0 fully saturated rings. The van der Waals surface area contributed by atoms with Crippen LogP contribution in [0.5, 0.6) is 0 Å². The smallest absolute Gasteiger partial charge is 0.264 e. The molecule has 1 aromatic heterocycles. The molecule has 3 rings (SSSR count). The first-order valence-corrected chi connectivity index (χ1v) is 6.72. The number of aromatic nitrogens is 1. The molecule has 0 saturated heterocycles. The molecule has 0 aliphatic carbocycles. The second-order valence-electron chi connectivity index (χ2n) is 4.43. The summed E-state index contributed by atoms with van der Waals surface area (Å²) in [7, 11) is 0. The van der Waals surface area contributed by atoms with Crippen molar-refractivity contribution >= 4 is 33.4 Å². The highest BCUT2D eigenvalue weighted by atomic mass is 79.9. The minimum atomic E-state index is -0.368. The lowest BCUT2D eigenvalue weighted by Crippen LogP contribution is -2.29. The molecule has 1 aliphatic heterocycles. The summed E-state index contributed by atoms with van der Waals surface area (Å²) in [6, 6.07) is 8.47. The maximum Gasteiger partial charge on any atom is 0.264 e. The van der Waals surface area contributed by atoms with Crippen LogP contribution in [0.15, 0.2) is 41.0 Å². The number of rotatable bonds is 2. The van der Waals surface area contributed by atoms with Crippen molar-refractivity contribution in [2.45, 2.75) is 6.54 Å². The molecule has 0 bridgehead atoms. The van der Waals surface area contributed by atoms with E-state index in [1.54, 1.807) is 30.5 Å². The third kappa shape index (κ3) is 1.98. The SMILES string of the molecule is Nc1cccc2c1C(=O)N(Cc1ccc(Br)cn1)C2=O. The fraction of sp³-hybridized carbons (Fsp3) is 0.0714. The van der Waals surface area contributed by atoms with Crippen LogP contribution in [0.25, 0.3) is 0 Å². The van der Waals surface area contributed by atoms with Gasteiger partial charge in [-0.15, -0.1) is 0 Å². The average Bonchev–Trinajstić information content (AvgIpc) is 2.67. The Morgan fingerprint density at radius 3 is 2.60 bits per heavy atom. The first-order valence-electron chi connectivity index (χ1n) is 5.93. The Labute approximate surface area is 123 Å². The first kappa shape index (κ1) is 12.8. The number of benzene rings is 1. The molecule has 6 heteroatoms. The second-order valence-corrected chi connectivity index (χ2v) is 5.35. The highest BCUT2D eigenvalue weighted by Gasteiger charge is 2.37. The Kier molecular flexibility index (Phi) is 3.02. The zero-order valence-corrected chi connectivity index (χ0v) is 11.9. The molecule has 100 valence electrons. The Morgan fingerprint density at radius 1 is 1.15 bits per heavy atom. The van der Waals surface area contributed by atoms with Crippen LogP contribution in [0.3, 0.4) is 0 Å². The molecule has 1 aromatic carbocycles. The van der Waals surface area contributed by atoms with Crippen molar-refractivity contribution in [3.63, 3.8) is 0 Å². The largest absolute Gasteiger partial charge is 0.398 e. The van der Waals surface area contributed by atoms with Crippen LogP contribution in [0.2, 0.25) is 0 Å². The monoisotopic (exact) mass is 331 g/mol. The second kappa shape index (κ2) is 4.72. The van der Waals surface area contributed by atoms with Crippen molar-refractivity contribution in [1.82, 2.24) is 9.88 Å². The first-order chi connectivity index (χ1) is 9.58. The standard InChI is InChI=1S/C14H10BrN3O2/c15-8-4-5-9(17-6-8)7-18-13(19)10-2-1-3-11(16)12(10)14(18)20/h1-6H,7,16H2. The summed E-state index contributed by atoms with van der Waals surface area (Å²) in [5.41, 5.74) is 7.39. The van der Waals surface area contributed by atoms with E-state index in [1.807, 2.05) is 6.07 Å². The molecule has 2 heterocycles. The molecule has 2 amide bonds. The summed E-state index contributed by atoms with van der Waals surface area (Å²) >= 11 is 3.29. The van der Waals surface area contributed by atoms with Gasteiger partial charge in [0.2, 0.25) is 0 Å². The molecule has 2 aromatic rings. The van der Waals surface area contributed by atoms with E-state index in [1.165, 1.54) is 0 Å². The lowest BCUT2D eigenvalue weighted by Gasteiger charge is -2.13. The van der Waals surface area contributed by atoms with Crippen molar-refractivity contribution in [2.75, 3.05) is 5.73 Å². The van der Waals surface area contributed by atoms with E-state index in [0.29, 0.717) is 16.9 Å². The van der Waals surface area contributed by atoms with Crippen LogP contribution in [-0.2, 0) is 6.54 Å². The van der Waals surface area contributed by atoms with Gasteiger partial charge in [0, 0.05) is 16.4 Å². The van der Waals surface area contributed by atoms with Crippen LogP contribution in [0.4, 0.5) is 5.69 Å². The molecular weight excluding hydrogens is 322 g/mol. The fourth-order valence-electron chi connectivity index (χ4n) is 2.17. The van der Waals surface area contributed by atoms with Crippen LogP contribution in [-0.4, -0.2) is 21.7 Å². The van der Waals surface area contributed by atoms with Crippen molar-refractivity contribution in [3.05, 3.63) is 57.8 Å². The molecular formula is C14H10BrN3O2. The van der Waals surface area contributed by atoms with E-state index in [9.17, 15) is 9.59 Å². The number of anilines is 1. The number of amides is 2. The molecule has 5 nitrogen and oxygen atoms in total. The summed E-state index contributed by atoms with van der Waals surface area (Å²) in [5.74, 6) is -0.699. The molecule has 20 heavy (non-hydrogen) atoms. The third-order valence-electron chi connectivity index (χ3n) is 3.14. The zero-order valence-electron chi connectivity index (χ0n) is 10.3. The number of pyridine rings is 1. The fourth-order valence-corrected chi connectivity index (χ4v) is 2.40. The maximum atomic E-state index is 12.3. The summed E-state index contributed by atoms with van der Waals surface area (Å²) in [5, 5.41) is 0. The molecule has 0 atom stereocenters. The topological polar surface area (TPSA) is 76.3 Å². The van der Waals surface area contributed by atoms with E-state index in [0.717, 1.165) is 9.37 Å². The lowest BCUT2D eigenvalue weighted by atomic mass is 10.1. The van der Waals surface area contributed by atoms with Gasteiger partial charge in [0.15, 0.2) is 0 Å². The molecule has 0 radical (unpaired) electrons. The number of carbonyl (C=O) groups excluding carboxylic acids is 2. The number of fused-ring (bicyclic) bond motifs is 1. The van der Waals surface area contributed by atoms with Crippen molar-refractivity contribution in [3.8, 4) is 0 Å². The Bertz CT molecular complexity index is 713. The van der Waals surface area contributed by atoms with E-state index in [-0.39, 0.29) is 23.9 Å². The van der Waals surface area contributed by atoms with Crippen LogP contribution in [0.1, 0.15) is 26.4 Å². The number of hydrogen-bond donors (Lipinski definition) is 1. The molecule has 0 saturated carbocycles. The lowest BCUT2D eigenvalue weighted by molar-refractivity contribution is 0.0641. The van der Waals surface area contributed by atoms with Gasteiger partial charge in [0.25, 0.3) is 11.8 Å². The minimum Gasteiger partial charge on any atom is -0.398 e. The molecule has 0 unspecified atom stereocenters. The van der Waals surface area contributed by atoms with Gasteiger partial charge < -0.3 is 5.73 Å². The van der Waals surface area contributed by atoms with E-state index < -0.39 is 0 Å². The Morgan fingerprint density at radius 2 is 1.95 bits per heavy atom. The van der Waals surface area contributed by atoms with Gasteiger partial charge in [-0.1, -0.05) is 6.07 Å². The summed E-state index contributed by atoms with van der Waals surface area (Å²) in [4.78, 5) is 29.9. The van der Waals surface area contributed by atoms with E-state index in [2.05, 4.69) is 20.9 Å². The Hall–Kier alpha value is -2.21. The van der Waals surface area contributed by atoms with Crippen LogP contribution in [0, 0.1) is 0 Å². The third-order valence-corrected chi connectivity index (χ3v) is 3.61. The molecule has 1 aliphatic rings. The maximum absolute atomic E-state index is 12.3. The number of nitrogens with zero attached hydrogens (tertiary/aromatic N) is 2.